The molecule has 1 aliphatic rings. The fourth-order valence-electron chi connectivity index (χ4n) is 3.58. The average molecular weight is 537 g/mol. The van der Waals surface area contributed by atoms with Crippen molar-refractivity contribution in [2.24, 2.45) is 0 Å². The molecule has 0 atom stereocenters. The molecule has 37 heavy (non-hydrogen) atoms. The predicted molar refractivity (Wildman–Crippen MR) is 150 cm³/mol. The molecule has 6 nitrogen and oxygen atoms in total. The highest BCUT2D eigenvalue weighted by molar-refractivity contribution is 8.27. The van der Waals surface area contributed by atoms with E-state index >= 15 is 0 Å². The molecule has 9 heteroatoms. The van der Waals surface area contributed by atoms with Crippen LogP contribution in [0.2, 0.25) is 0 Å². The Kier molecular flexibility index (Phi) is 8.58. The number of carbonyl (C=O) groups is 2. The van der Waals surface area contributed by atoms with Crippen LogP contribution in [-0.2, 0) is 4.79 Å². The Balaban J connectivity index is 1.52. The Morgan fingerprint density at radius 1 is 1.11 bits per heavy atom. The van der Waals surface area contributed by atoms with Gasteiger partial charge in [0.05, 0.1) is 24.3 Å². The Hall–Kier alpha value is -3.69. The third-order valence-electron chi connectivity index (χ3n) is 5.50. The maximum absolute atomic E-state index is 13.3. The molecule has 0 aromatic heterocycles. The van der Waals surface area contributed by atoms with Gasteiger partial charge in [0, 0.05) is 11.3 Å². The number of carbonyl (C=O) groups excluding carboxylic acids is 2. The number of unbranched alkanes of at least 4 members (excludes halogenated alkanes) is 1. The molecule has 0 radical (unpaired) electrons. The summed E-state index contributed by atoms with van der Waals surface area (Å²) in [6.45, 7) is 2.70. The van der Waals surface area contributed by atoms with Crippen molar-refractivity contribution in [2.45, 2.75) is 19.8 Å². The van der Waals surface area contributed by atoms with Gasteiger partial charge in [-0.15, -0.1) is 0 Å². The van der Waals surface area contributed by atoms with Crippen molar-refractivity contribution in [3.05, 3.63) is 88.6 Å². The summed E-state index contributed by atoms with van der Waals surface area (Å²) in [7, 11) is 1.57. The molecular formula is C28H25FN2O4S2. The lowest BCUT2D eigenvalue weighted by atomic mass is 10.1. The molecule has 3 aromatic rings. The van der Waals surface area contributed by atoms with Crippen LogP contribution in [0.15, 0.2) is 71.6 Å². The highest BCUT2D eigenvalue weighted by Gasteiger charge is 2.33. The second-order valence-electron chi connectivity index (χ2n) is 8.14. The Bertz CT molecular complexity index is 1360. The van der Waals surface area contributed by atoms with Crippen molar-refractivity contribution in [3.8, 4) is 11.5 Å². The molecule has 0 bridgehead atoms. The molecule has 2 amide bonds. The molecular weight excluding hydrogens is 511 g/mol. The lowest BCUT2D eigenvalue weighted by Gasteiger charge is -2.15. The Labute approximate surface area is 224 Å². The molecule has 190 valence electrons. The van der Waals surface area contributed by atoms with Crippen LogP contribution in [0.5, 0.6) is 11.5 Å². The van der Waals surface area contributed by atoms with Gasteiger partial charge in [-0.25, -0.2) is 4.39 Å². The number of methoxy groups -OCH3 is 1. The summed E-state index contributed by atoms with van der Waals surface area (Å²) >= 11 is 6.68. The number of nitrogens with zero attached hydrogens (tertiary/aromatic N) is 1. The van der Waals surface area contributed by atoms with E-state index in [9.17, 15) is 14.0 Å². The van der Waals surface area contributed by atoms with Gasteiger partial charge in [0.25, 0.3) is 11.8 Å². The van der Waals surface area contributed by atoms with Gasteiger partial charge >= 0.3 is 0 Å². The summed E-state index contributed by atoms with van der Waals surface area (Å²) in [6.07, 6.45) is 3.73. The van der Waals surface area contributed by atoms with Gasteiger partial charge in [-0.05, 0) is 72.7 Å². The number of ether oxygens (including phenoxy) is 2. The van der Waals surface area contributed by atoms with Crippen molar-refractivity contribution in [1.82, 2.24) is 0 Å². The fraction of sp³-hybridized carbons (Fsp3) is 0.179. The number of hydrogen-bond donors (Lipinski definition) is 1. The minimum Gasteiger partial charge on any atom is -0.493 e. The van der Waals surface area contributed by atoms with E-state index in [4.69, 9.17) is 21.7 Å². The van der Waals surface area contributed by atoms with Crippen LogP contribution >= 0.6 is 24.0 Å². The van der Waals surface area contributed by atoms with Gasteiger partial charge in [-0.1, -0.05) is 49.5 Å². The number of amides is 2. The number of anilines is 2. The number of thiocarbonyl (C=S) groups is 1. The topological polar surface area (TPSA) is 67.9 Å². The highest BCUT2D eigenvalue weighted by Crippen LogP contribution is 2.37. The lowest BCUT2D eigenvalue weighted by molar-refractivity contribution is -0.113. The molecule has 0 aliphatic carbocycles. The number of rotatable bonds is 9. The van der Waals surface area contributed by atoms with Crippen LogP contribution in [0.4, 0.5) is 15.8 Å². The van der Waals surface area contributed by atoms with E-state index in [1.54, 1.807) is 37.5 Å². The van der Waals surface area contributed by atoms with Gasteiger partial charge in [-0.3, -0.25) is 14.5 Å². The van der Waals surface area contributed by atoms with Crippen molar-refractivity contribution in [1.29, 1.82) is 0 Å². The van der Waals surface area contributed by atoms with Crippen LogP contribution in [-0.4, -0.2) is 29.9 Å². The zero-order chi connectivity index (χ0) is 26.4. The molecule has 0 spiro atoms. The zero-order valence-electron chi connectivity index (χ0n) is 20.3. The summed E-state index contributed by atoms with van der Waals surface area (Å²) in [4.78, 5) is 27.9. The molecule has 1 N–H and O–H groups in total. The minimum atomic E-state index is -0.392. The first-order valence-corrected chi connectivity index (χ1v) is 12.9. The van der Waals surface area contributed by atoms with E-state index in [-0.39, 0.29) is 11.8 Å². The van der Waals surface area contributed by atoms with E-state index in [2.05, 4.69) is 12.2 Å². The van der Waals surface area contributed by atoms with Crippen molar-refractivity contribution in [2.75, 3.05) is 23.9 Å². The Morgan fingerprint density at radius 3 is 2.62 bits per heavy atom. The van der Waals surface area contributed by atoms with Crippen LogP contribution in [0.1, 0.15) is 35.7 Å². The van der Waals surface area contributed by atoms with Gasteiger partial charge in [0.1, 0.15) is 5.82 Å². The van der Waals surface area contributed by atoms with Crippen LogP contribution in [0.3, 0.4) is 0 Å². The third kappa shape index (κ3) is 6.36. The third-order valence-corrected chi connectivity index (χ3v) is 6.81. The van der Waals surface area contributed by atoms with Crippen molar-refractivity contribution >= 4 is 57.6 Å². The second kappa shape index (κ2) is 12.0. The smallest absolute Gasteiger partial charge is 0.270 e. The summed E-state index contributed by atoms with van der Waals surface area (Å²) in [6, 6.07) is 17.6. The Morgan fingerprint density at radius 2 is 1.89 bits per heavy atom. The van der Waals surface area contributed by atoms with Crippen LogP contribution in [0, 0.1) is 5.82 Å². The maximum Gasteiger partial charge on any atom is 0.270 e. The summed E-state index contributed by atoms with van der Waals surface area (Å²) in [5.41, 5.74) is 2.05. The van der Waals surface area contributed by atoms with Crippen LogP contribution < -0.4 is 19.7 Å². The van der Waals surface area contributed by atoms with Crippen LogP contribution in [0.25, 0.3) is 6.08 Å². The molecule has 1 aliphatic heterocycles. The number of nitrogens with one attached hydrogen (secondary N) is 1. The predicted octanol–water partition coefficient (Wildman–Crippen LogP) is 6.67. The molecule has 1 heterocycles. The minimum absolute atomic E-state index is 0.284. The quantitative estimate of drug-likeness (QED) is 0.187. The summed E-state index contributed by atoms with van der Waals surface area (Å²) in [5.74, 6) is 0.171. The largest absolute Gasteiger partial charge is 0.493 e. The van der Waals surface area contributed by atoms with Gasteiger partial charge in [0.15, 0.2) is 15.8 Å². The van der Waals surface area contributed by atoms with E-state index in [0.29, 0.717) is 44.3 Å². The maximum atomic E-state index is 13.3. The first kappa shape index (κ1) is 26.4. The number of thioether (sulfide) groups is 1. The molecule has 4 rings (SSSR count). The zero-order valence-corrected chi connectivity index (χ0v) is 22.0. The van der Waals surface area contributed by atoms with E-state index in [0.717, 1.165) is 18.4 Å². The number of benzene rings is 3. The molecule has 1 saturated heterocycles. The number of hydrogen-bond acceptors (Lipinski definition) is 6. The molecule has 0 saturated carbocycles. The van der Waals surface area contributed by atoms with Gasteiger partial charge in [0.2, 0.25) is 0 Å². The molecule has 3 aromatic carbocycles. The van der Waals surface area contributed by atoms with Gasteiger partial charge in [-0.2, -0.15) is 0 Å². The first-order valence-electron chi connectivity index (χ1n) is 11.7. The second-order valence-corrected chi connectivity index (χ2v) is 9.82. The normalized spacial score (nSPS) is 14.2. The SMILES string of the molecule is CCCCOc1ccc(/C=C2/SC(=S)N(c3cccc(C(=O)Nc4ccc(F)cc4)c3)C2=O)cc1OC. The van der Waals surface area contributed by atoms with Crippen molar-refractivity contribution < 1.29 is 23.5 Å². The standard InChI is InChI=1S/C28H25FN2O4S2/c1-3-4-14-35-23-13-8-18(15-24(23)34-2)16-25-27(33)31(28(36)37-25)22-7-5-6-19(17-22)26(32)30-21-11-9-20(29)10-12-21/h5-13,15-17H,3-4,14H2,1-2H3,(H,30,32)/b25-16+. The summed E-state index contributed by atoms with van der Waals surface area (Å²) < 4.78 is 24.8. The molecule has 0 unspecified atom stereocenters. The monoisotopic (exact) mass is 536 g/mol. The lowest BCUT2D eigenvalue weighted by Crippen LogP contribution is -2.27. The first-order chi connectivity index (χ1) is 17.9. The van der Waals surface area contributed by atoms with Crippen molar-refractivity contribution in [3.63, 3.8) is 0 Å². The van der Waals surface area contributed by atoms with E-state index < -0.39 is 5.82 Å². The van der Waals surface area contributed by atoms with E-state index in [1.165, 1.54) is 40.9 Å². The fourth-order valence-corrected chi connectivity index (χ4v) is 4.88. The van der Waals surface area contributed by atoms with Gasteiger partial charge < -0.3 is 14.8 Å². The summed E-state index contributed by atoms with van der Waals surface area (Å²) in [5, 5.41) is 2.72. The molecule has 1 fully saturated rings. The average Bonchev–Trinajstić information content (AvgIpc) is 3.18. The number of halogens is 1. The highest BCUT2D eigenvalue weighted by atomic mass is 32.2. The van der Waals surface area contributed by atoms with E-state index in [1.807, 2.05) is 18.2 Å².